The van der Waals surface area contributed by atoms with Gasteiger partial charge in [-0.2, -0.15) is 5.10 Å². The van der Waals surface area contributed by atoms with E-state index in [0.717, 1.165) is 35.4 Å². The number of ether oxygens (including phenoxy) is 1. The topological polar surface area (TPSA) is 135 Å². The van der Waals surface area contributed by atoms with Crippen LogP contribution in [-0.4, -0.2) is 51.2 Å². The van der Waals surface area contributed by atoms with Crippen LogP contribution in [0.1, 0.15) is 84.7 Å². The summed E-state index contributed by atoms with van der Waals surface area (Å²) in [5, 5.41) is 32.8. The van der Waals surface area contributed by atoms with E-state index in [2.05, 4.69) is 15.6 Å². The number of oxime groups is 1. The van der Waals surface area contributed by atoms with Crippen LogP contribution in [0.4, 0.5) is 0 Å². The van der Waals surface area contributed by atoms with E-state index in [9.17, 15) is 14.7 Å². The van der Waals surface area contributed by atoms with Crippen molar-refractivity contribution in [2.45, 2.75) is 63.0 Å². The van der Waals surface area contributed by atoms with E-state index in [4.69, 9.17) is 49.5 Å². The molecule has 1 amide bonds. The average Bonchev–Trinajstić information content (AvgIpc) is 3.74. The van der Waals surface area contributed by atoms with Gasteiger partial charge in [-0.3, -0.25) is 14.3 Å². The van der Waals surface area contributed by atoms with Gasteiger partial charge in [0.2, 0.25) is 0 Å². The number of rotatable bonds is 11. The maximum atomic E-state index is 12.5. The Morgan fingerprint density at radius 3 is 2.43 bits per heavy atom. The van der Waals surface area contributed by atoms with Crippen molar-refractivity contribution in [3.63, 3.8) is 0 Å². The molecule has 0 spiro atoms. The standard InChI is InChI=1S/C33H33Cl3N4O6/c1-17(2)40-28(11-27(39-40)32(43)37-15-29(41)42)19-12-33(44,13-19)23-9-8-20(10-26(23)36)45-16-22-21(14-38-46-31(22)18-6-7-18)30-24(34)4-3-5-25(30)35/h3-5,8-11,14,17-19,21,44H,6-7,12-13,15-16H2,1-2H3,(H,37,43)(H,41,42). The van der Waals surface area contributed by atoms with E-state index in [1.807, 2.05) is 13.8 Å². The molecule has 6 rings (SSSR count). The molecule has 2 heterocycles. The van der Waals surface area contributed by atoms with Crippen LogP contribution in [0.25, 0.3) is 0 Å². The molecule has 0 radical (unpaired) electrons. The van der Waals surface area contributed by atoms with Crippen molar-refractivity contribution in [3.8, 4) is 5.75 Å². The molecule has 3 N–H and O–H groups in total. The predicted octanol–water partition coefficient (Wildman–Crippen LogP) is 6.85. The molecule has 46 heavy (non-hydrogen) atoms. The second-order valence-corrected chi connectivity index (χ2v) is 13.5. The van der Waals surface area contributed by atoms with Crippen molar-refractivity contribution in [1.82, 2.24) is 15.1 Å². The minimum Gasteiger partial charge on any atom is -0.489 e. The van der Waals surface area contributed by atoms with Crippen LogP contribution in [-0.2, 0) is 15.2 Å². The molecule has 2 fully saturated rings. The zero-order valence-corrected chi connectivity index (χ0v) is 27.4. The third kappa shape index (κ3) is 6.49. The molecule has 0 saturated heterocycles. The summed E-state index contributed by atoms with van der Waals surface area (Å²) in [7, 11) is 0. The van der Waals surface area contributed by atoms with E-state index in [-0.39, 0.29) is 36.1 Å². The van der Waals surface area contributed by atoms with E-state index in [1.54, 1.807) is 53.4 Å². The van der Waals surface area contributed by atoms with Gasteiger partial charge in [-0.15, -0.1) is 0 Å². The smallest absolute Gasteiger partial charge is 0.322 e. The highest BCUT2D eigenvalue weighted by Crippen LogP contribution is 2.53. The lowest BCUT2D eigenvalue weighted by Crippen LogP contribution is -2.41. The Hall–Kier alpha value is -3.57. The van der Waals surface area contributed by atoms with Gasteiger partial charge in [-0.25, -0.2) is 0 Å². The molecule has 2 aliphatic carbocycles. The Labute approximate surface area is 280 Å². The fourth-order valence-corrected chi connectivity index (χ4v) is 7.12. The van der Waals surface area contributed by atoms with Crippen molar-refractivity contribution in [1.29, 1.82) is 0 Å². The molecule has 0 bridgehead atoms. The van der Waals surface area contributed by atoms with E-state index in [0.29, 0.717) is 39.2 Å². The summed E-state index contributed by atoms with van der Waals surface area (Å²) in [5.74, 6) is -0.518. The number of nitrogens with zero attached hydrogens (tertiary/aromatic N) is 3. The average molecular weight is 688 g/mol. The maximum absolute atomic E-state index is 12.5. The number of nitrogens with one attached hydrogen (secondary N) is 1. The molecule has 1 unspecified atom stereocenters. The van der Waals surface area contributed by atoms with Crippen molar-refractivity contribution in [2.24, 2.45) is 11.1 Å². The molecule has 242 valence electrons. The number of aliphatic hydroxyl groups is 1. The Bertz CT molecular complexity index is 1720. The van der Waals surface area contributed by atoms with Gasteiger partial charge in [0.05, 0.1) is 22.8 Å². The van der Waals surface area contributed by atoms with Crippen molar-refractivity contribution in [2.75, 3.05) is 13.2 Å². The van der Waals surface area contributed by atoms with Gasteiger partial charge < -0.3 is 25.1 Å². The van der Waals surface area contributed by atoms with Crippen LogP contribution in [0.15, 0.2) is 59.0 Å². The quantitative estimate of drug-likeness (QED) is 0.201. The second kappa shape index (κ2) is 12.9. The first-order valence-electron chi connectivity index (χ1n) is 15.1. The molecule has 2 saturated carbocycles. The third-order valence-corrected chi connectivity index (χ3v) is 9.59. The number of hydrogen-bond acceptors (Lipinski definition) is 7. The lowest BCUT2D eigenvalue weighted by Gasteiger charge is -2.44. The molecule has 13 heteroatoms. The summed E-state index contributed by atoms with van der Waals surface area (Å²) in [6.45, 7) is 3.59. The van der Waals surface area contributed by atoms with Gasteiger partial charge in [0, 0.05) is 50.3 Å². The van der Waals surface area contributed by atoms with Gasteiger partial charge >= 0.3 is 5.97 Å². The van der Waals surface area contributed by atoms with E-state index in [1.165, 1.54) is 0 Å². The minimum absolute atomic E-state index is 0.0466. The Kier molecular flexibility index (Phi) is 9.08. The molecule has 3 aliphatic rings. The van der Waals surface area contributed by atoms with Gasteiger partial charge in [0.1, 0.15) is 30.4 Å². The van der Waals surface area contributed by atoms with Crippen LogP contribution in [0, 0.1) is 5.92 Å². The summed E-state index contributed by atoms with van der Waals surface area (Å²) >= 11 is 19.9. The highest BCUT2D eigenvalue weighted by molar-refractivity contribution is 6.36. The van der Waals surface area contributed by atoms with Crippen molar-refractivity contribution in [3.05, 3.63) is 91.4 Å². The number of aliphatic carboxylic acids is 1. The van der Waals surface area contributed by atoms with Gasteiger partial charge in [0.25, 0.3) is 5.91 Å². The van der Waals surface area contributed by atoms with Crippen LogP contribution in [0.5, 0.6) is 5.75 Å². The van der Waals surface area contributed by atoms with Crippen LogP contribution >= 0.6 is 34.8 Å². The fourth-order valence-electron chi connectivity index (χ4n) is 6.14. The largest absolute Gasteiger partial charge is 0.489 e. The third-order valence-electron chi connectivity index (χ3n) is 8.62. The fraction of sp³-hybridized carbons (Fsp3) is 0.394. The van der Waals surface area contributed by atoms with E-state index < -0.39 is 24.0 Å². The van der Waals surface area contributed by atoms with E-state index >= 15 is 0 Å². The number of benzene rings is 2. The Balaban J connectivity index is 1.17. The molecule has 10 nitrogen and oxygen atoms in total. The molecular formula is C33H33Cl3N4O6. The summed E-state index contributed by atoms with van der Waals surface area (Å²) in [6, 6.07) is 12.3. The molecule has 2 aromatic carbocycles. The number of carboxylic acids is 1. The lowest BCUT2D eigenvalue weighted by atomic mass is 9.66. The number of carbonyl (C=O) groups excluding carboxylic acids is 1. The highest BCUT2D eigenvalue weighted by Gasteiger charge is 2.47. The first kappa shape index (κ1) is 32.4. The zero-order chi connectivity index (χ0) is 32.7. The zero-order valence-electron chi connectivity index (χ0n) is 25.2. The molecule has 1 aliphatic heterocycles. The first-order valence-corrected chi connectivity index (χ1v) is 16.2. The number of carboxylic acid groups (broad SMARTS) is 1. The Morgan fingerprint density at radius 1 is 1.09 bits per heavy atom. The monoisotopic (exact) mass is 686 g/mol. The van der Waals surface area contributed by atoms with Crippen molar-refractivity contribution < 1.29 is 29.4 Å². The number of carbonyl (C=O) groups is 2. The number of hydrogen-bond donors (Lipinski definition) is 3. The van der Waals surface area contributed by atoms with Crippen molar-refractivity contribution >= 4 is 52.9 Å². The minimum atomic E-state index is -1.18. The summed E-state index contributed by atoms with van der Waals surface area (Å²) in [4.78, 5) is 29.0. The first-order chi connectivity index (χ1) is 21.9. The normalized spacial score (nSPS) is 22.4. The predicted molar refractivity (Wildman–Crippen MR) is 174 cm³/mol. The number of allylic oxidation sites excluding steroid dienone is 1. The number of aromatic nitrogens is 2. The molecular weight excluding hydrogens is 655 g/mol. The second-order valence-electron chi connectivity index (χ2n) is 12.3. The lowest BCUT2D eigenvalue weighted by molar-refractivity contribution is -0.135. The van der Waals surface area contributed by atoms with Gasteiger partial charge in [-0.05, 0) is 69.9 Å². The SMILES string of the molecule is CC(C)n1nc(C(=O)NCC(=O)O)cc1C1CC(O)(c2ccc(OCC3=C(C4CC4)ON=CC3c3c(Cl)cccc3Cl)cc2Cl)C1. The summed E-state index contributed by atoms with van der Waals surface area (Å²) in [6.07, 6.45) is 4.45. The van der Waals surface area contributed by atoms with Crippen LogP contribution in [0.2, 0.25) is 15.1 Å². The Morgan fingerprint density at radius 2 is 1.80 bits per heavy atom. The summed E-state index contributed by atoms with van der Waals surface area (Å²) < 4.78 is 7.98. The number of halogens is 3. The molecule has 1 atom stereocenters. The van der Waals surface area contributed by atoms with Gasteiger partial charge in [0.15, 0.2) is 0 Å². The number of amides is 1. The van der Waals surface area contributed by atoms with Crippen LogP contribution < -0.4 is 10.1 Å². The maximum Gasteiger partial charge on any atom is 0.322 e. The van der Waals surface area contributed by atoms with Crippen LogP contribution in [0.3, 0.4) is 0 Å². The van der Waals surface area contributed by atoms with Gasteiger partial charge in [-0.1, -0.05) is 52.1 Å². The highest BCUT2D eigenvalue weighted by atomic mass is 35.5. The summed E-state index contributed by atoms with van der Waals surface area (Å²) in [5.41, 5.74) is 1.97. The molecule has 3 aromatic rings. The molecule has 1 aromatic heterocycles.